The van der Waals surface area contributed by atoms with E-state index in [9.17, 15) is 4.79 Å². The van der Waals surface area contributed by atoms with E-state index in [0.717, 1.165) is 10.8 Å². The third-order valence-electron chi connectivity index (χ3n) is 4.02. The van der Waals surface area contributed by atoms with Crippen LogP contribution < -0.4 is 19.5 Å². The van der Waals surface area contributed by atoms with E-state index in [4.69, 9.17) is 30.5 Å². The molecular formula is C21H20ClNO5. The molecule has 3 aromatic carbocycles. The van der Waals surface area contributed by atoms with Crippen LogP contribution in [-0.2, 0) is 4.74 Å². The minimum absolute atomic E-state index is 0.0882. The van der Waals surface area contributed by atoms with Crippen molar-refractivity contribution in [3.63, 3.8) is 0 Å². The van der Waals surface area contributed by atoms with Crippen LogP contribution in [-0.4, -0.2) is 33.5 Å². The number of amides is 1. The van der Waals surface area contributed by atoms with Gasteiger partial charge in [-0.3, -0.25) is 5.32 Å². The minimum atomic E-state index is -0.637. The summed E-state index contributed by atoms with van der Waals surface area (Å²) in [5.41, 5.74) is 0.383. The van der Waals surface area contributed by atoms with Gasteiger partial charge in [0.25, 0.3) is 0 Å². The summed E-state index contributed by atoms with van der Waals surface area (Å²) in [5, 5.41) is 5.16. The first-order valence-corrected chi connectivity index (χ1v) is 8.95. The molecule has 0 bridgehead atoms. The second-order valence-electron chi connectivity index (χ2n) is 5.81. The number of carbonyl (C=O) groups excluding carboxylic acids is 1. The molecule has 1 amide bonds. The highest BCUT2D eigenvalue weighted by Crippen LogP contribution is 2.35. The molecule has 0 aromatic heterocycles. The number of fused-ring (bicyclic) bond motifs is 1. The van der Waals surface area contributed by atoms with Crippen molar-refractivity contribution in [2.75, 3.05) is 32.8 Å². The summed E-state index contributed by atoms with van der Waals surface area (Å²) in [6, 6.07) is 16.9. The quantitative estimate of drug-likeness (QED) is 0.555. The van der Waals surface area contributed by atoms with Crippen LogP contribution >= 0.6 is 11.6 Å². The van der Waals surface area contributed by atoms with E-state index in [1.54, 1.807) is 6.07 Å². The number of benzene rings is 3. The Hall–Kier alpha value is -3.12. The highest BCUT2D eigenvalue weighted by molar-refractivity contribution is 6.32. The van der Waals surface area contributed by atoms with Gasteiger partial charge in [0.15, 0.2) is 0 Å². The molecule has 0 aliphatic heterocycles. The molecule has 3 aromatic rings. The molecular weight excluding hydrogens is 382 g/mol. The lowest BCUT2D eigenvalue weighted by molar-refractivity contribution is 0.138. The van der Waals surface area contributed by atoms with Gasteiger partial charge in [-0.1, -0.05) is 41.9 Å². The number of carbonyl (C=O) groups is 1. The second-order valence-corrected chi connectivity index (χ2v) is 6.21. The number of ether oxygens (including phenoxy) is 4. The van der Waals surface area contributed by atoms with Crippen molar-refractivity contribution in [3.8, 4) is 17.2 Å². The number of nitrogens with one attached hydrogen (secondary N) is 1. The zero-order valence-corrected chi connectivity index (χ0v) is 16.3. The number of rotatable bonds is 7. The van der Waals surface area contributed by atoms with Crippen LogP contribution in [0.15, 0.2) is 54.6 Å². The molecule has 0 aliphatic carbocycles. The molecule has 7 heteroatoms. The van der Waals surface area contributed by atoms with Gasteiger partial charge in [0, 0.05) is 6.07 Å². The van der Waals surface area contributed by atoms with Gasteiger partial charge in [0.1, 0.15) is 30.5 Å². The van der Waals surface area contributed by atoms with E-state index in [-0.39, 0.29) is 13.2 Å². The van der Waals surface area contributed by atoms with E-state index in [0.29, 0.717) is 28.0 Å². The van der Waals surface area contributed by atoms with Crippen molar-refractivity contribution in [1.82, 2.24) is 0 Å². The third-order valence-corrected chi connectivity index (χ3v) is 4.31. The zero-order valence-electron chi connectivity index (χ0n) is 15.5. The molecule has 0 aliphatic rings. The maximum absolute atomic E-state index is 12.0. The van der Waals surface area contributed by atoms with Crippen molar-refractivity contribution in [3.05, 3.63) is 59.6 Å². The lowest BCUT2D eigenvalue weighted by Crippen LogP contribution is -2.18. The van der Waals surface area contributed by atoms with Crippen LogP contribution in [0.3, 0.4) is 0 Å². The van der Waals surface area contributed by atoms with Gasteiger partial charge in [-0.2, -0.15) is 0 Å². The topological polar surface area (TPSA) is 66.0 Å². The van der Waals surface area contributed by atoms with Crippen LogP contribution in [0.1, 0.15) is 0 Å². The number of hydrogen-bond acceptors (Lipinski definition) is 5. The predicted octanol–water partition coefficient (Wildman–Crippen LogP) is 5.14. The molecule has 0 heterocycles. The van der Waals surface area contributed by atoms with E-state index in [2.05, 4.69) is 5.32 Å². The first-order valence-electron chi connectivity index (χ1n) is 8.57. The zero-order chi connectivity index (χ0) is 19.9. The van der Waals surface area contributed by atoms with Gasteiger partial charge >= 0.3 is 6.09 Å². The van der Waals surface area contributed by atoms with Gasteiger partial charge in [0.05, 0.1) is 24.9 Å². The van der Waals surface area contributed by atoms with Crippen LogP contribution in [0.2, 0.25) is 5.02 Å². The summed E-state index contributed by atoms with van der Waals surface area (Å²) in [6.45, 7) is 0.317. The van der Waals surface area contributed by atoms with Crippen molar-refractivity contribution < 1.29 is 23.7 Å². The first kappa shape index (κ1) is 19.6. The molecule has 0 atom stereocenters. The molecule has 0 saturated carbocycles. The maximum Gasteiger partial charge on any atom is 0.411 e. The van der Waals surface area contributed by atoms with E-state index < -0.39 is 6.09 Å². The van der Waals surface area contributed by atoms with Crippen molar-refractivity contribution in [2.45, 2.75) is 0 Å². The molecule has 0 radical (unpaired) electrons. The third kappa shape index (κ3) is 4.78. The van der Waals surface area contributed by atoms with Crippen LogP contribution in [0.5, 0.6) is 17.2 Å². The van der Waals surface area contributed by atoms with Crippen LogP contribution in [0, 0.1) is 0 Å². The second kappa shape index (κ2) is 9.19. The Balaban J connectivity index is 1.51. The average molecular weight is 402 g/mol. The molecule has 3 rings (SSSR count). The number of hydrogen-bond donors (Lipinski definition) is 1. The normalized spacial score (nSPS) is 10.4. The summed E-state index contributed by atoms with van der Waals surface area (Å²) >= 11 is 6.09. The van der Waals surface area contributed by atoms with E-state index in [1.165, 1.54) is 20.3 Å². The number of methoxy groups -OCH3 is 2. The Morgan fingerprint density at radius 1 is 0.929 bits per heavy atom. The lowest BCUT2D eigenvalue weighted by Gasteiger charge is -2.13. The summed E-state index contributed by atoms with van der Waals surface area (Å²) < 4.78 is 21.1. The number of anilines is 1. The largest absolute Gasteiger partial charge is 0.495 e. The smallest absolute Gasteiger partial charge is 0.411 e. The molecule has 28 heavy (non-hydrogen) atoms. The maximum atomic E-state index is 12.0. The standard InChI is InChI=1S/C21H20ClNO5/c1-25-19-13-20(26-2)18(12-17(19)22)23-21(24)28-10-9-27-16-8-7-14-5-3-4-6-15(14)11-16/h3-8,11-13H,9-10H2,1-2H3,(H,23,24). The molecule has 0 unspecified atom stereocenters. The Morgan fingerprint density at radius 3 is 2.43 bits per heavy atom. The fraction of sp³-hybridized carbons (Fsp3) is 0.190. The average Bonchev–Trinajstić information content (AvgIpc) is 2.71. The number of halogens is 1. The van der Waals surface area contributed by atoms with Crippen molar-refractivity contribution >= 4 is 34.2 Å². The van der Waals surface area contributed by atoms with E-state index in [1.807, 2.05) is 42.5 Å². The molecule has 6 nitrogen and oxygen atoms in total. The van der Waals surface area contributed by atoms with Gasteiger partial charge in [-0.25, -0.2) is 4.79 Å². The fourth-order valence-electron chi connectivity index (χ4n) is 2.65. The van der Waals surface area contributed by atoms with Crippen LogP contribution in [0.4, 0.5) is 10.5 Å². The highest BCUT2D eigenvalue weighted by Gasteiger charge is 2.13. The summed E-state index contributed by atoms with van der Waals surface area (Å²) in [6.07, 6.45) is -0.637. The lowest BCUT2D eigenvalue weighted by atomic mass is 10.1. The summed E-state index contributed by atoms with van der Waals surface area (Å²) in [4.78, 5) is 12.0. The Morgan fingerprint density at radius 2 is 1.68 bits per heavy atom. The van der Waals surface area contributed by atoms with Gasteiger partial charge in [-0.15, -0.1) is 0 Å². The Kier molecular flexibility index (Phi) is 6.45. The molecule has 0 spiro atoms. The predicted molar refractivity (Wildman–Crippen MR) is 109 cm³/mol. The Labute approximate surface area is 167 Å². The molecule has 0 fully saturated rings. The van der Waals surface area contributed by atoms with Gasteiger partial charge < -0.3 is 18.9 Å². The van der Waals surface area contributed by atoms with Gasteiger partial charge in [0.2, 0.25) is 0 Å². The Bertz CT molecular complexity index is 976. The van der Waals surface area contributed by atoms with Gasteiger partial charge in [-0.05, 0) is 29.0 Å². The van der Waals surface area contributed by atoms with Crippen molar-refractivity contribution in [2.24, 2.45) is 0 Å². The monoisotopic (exact) mass is 401 g/mol. The fourth-order valence-corrected chi connectivity index (χ4v) is 2.90. The summed E-state index contributed by atoms with van der Waals surface area (Å²) in [7, 11) is 2.98. The SMILES string of the molecule is COc1cc(OC)c(NC(=O)OCCOc2ccc3ccccc3c2)cc1Cl. The minimum Gasteiger partial charge on any atom is -0.495 e. The molecule has 1 N–H and O–H groups in total. The first-order chi connectivity index (χ1) is 13.6. The molecule has 0 saturated heterocycles. The highest BCUT2D eigenvalue weighted by atomic mass is 35.5. The molecule has 146 valence electrons. The van der Waals surface area contributed by atoms with E-state index >= 15 is 0 Å². The summed E-state index contributed by atoms with van der Waals surface area (Å²) in [5.74, 6) is 1.57. The van der Waals surface area contributed by atoms with Crippen LogP contribution in [0.25, 0.3) is 10.8 Å². The van der Waals surface area contributed by atoms with Crippen molar-refractivity contribution in [1.29, 1.82) is 0 Å².